The lowest BCUT2D eigenvalue weighted by Gasteiger charge is -2.30. The minimum atomic E-state index is 0.168. The third-order valence-corrected chi connectivity index (χ3v) is 3.97. The van der Waals surface area contributed by atoms with E-state index in [1.54, 1.807) is 18.3 Å². The summed E-state index contributed by atoms with van der Waals surface area (Å²) >= 11 is 1.63. The van der Waals surface area contributed by atoms with Gasteiger partial charge in [0.15, 0.2) is 0 Å². The van der Waals surface area contributed by atoms with Gasteiger partial charge in [-0.15, -0.1) is 17.8 Å². The fourth-order valence-electron chi connectivity index (χ4n) is 1.98. The second kappa shape index (κ2) is 4.67. The summed E-state index contributed by atoms with van der Waals surface area (Å²) < 4.78 is 0. The highest BCUT2D eigenvalue weighted by atomic mass is 32.1. The first-order valence-electron chi connectivity index (χ1n) is 5.38. The number of hydrogen-bond donors (Lipinski definition) is 0. The van der Waals surface area contributed by atoms with Gasteiger partial charge in [-0.3, -0.25) is 4.79 Å². The number of carbonyl (C=O) groups excluding carboxylic acids is 1. The molecule has 3 nitrogen and oxygen atoms in total. The molecule has 0 radical (unpaired) electrons. The van der Waals surface area contributed by atoms with E-state index < -0.39 is 0 Å². The molecule has 1 aliphatic heterocycles. The maximum atomic E-state index is 11.2. The van der Waals surface area contributed by atoms with Crippen molar-refractivity contribution >= 4 is 17.2 Å². The molecule has 0 atom stereocenters. The van der Waals surface area contributed by atoms with Crippen LogP contribution in [-0.2, 0) is 4.79 Å². The first-order chi connectivity index (χ1) is 7.70. The van der Waals surface area contributed by atoms with Crippen molar-refractivity contribution in [1.82, 2.24) is 9.88 Å². The van der Waals surface area contributed by atoms with E-state index in [1.165, 1.54) is 0 Å². The first kappa shape index (κ1) is 11.2. The summed E-state index contributed by atoms with van der Waals surface area (Å²) in [7, 11) is 0. The molecule has 0 saturated carbocycles. The summed E-state index contributed by atoms with van der Waals surface area (Å²) in [5.41, 5.74) is 0.731. The maximum absolute atomic E-state index is 11.2. The molecule has 0 spiro atoms. The summed E-state index contributed by atoms with van der Waals surface area (Å²) in [6, 6.07) is 0. The Kier molecular flexibility index (Phi) is 3.25. The number of carbonyl (C=O) groups is 1. The topological polar surface area (TPSA) is 33.2 Å². The average molecular weight is 234 g/mol. The fourth-order valence-corrected chi connectivity index (χ4v) is 2.92. The number of likely N-dealkylation sites (tertiary alicyclic amines) is 1. The van der Waals surface area contributed by atoms with Gasteiger partial charge >= 0.3 is 0 Å². The van der Waals surface area contributed by atoms with Crippen LogP contribution in [0.2, 0.25) is 0 Å². The van der Waals surface area contributed by atoms with Crippen LogP contribution in [0.3, 0.4) is 0 Å². The number of hydrogen-bond acceptors (Lipinski definition) is 3. The van der Waals surface area contributed by atoms with Crippen molar-refractivity contribution in [2.75, 3.05) is 13.1 Å². The van der Waals surface area contributed by atoms with Crippen LogP contribution in [0.5, 0.6) is 0 Å². The normalized spacial score (nSPS) is 17.1. The summed E-state index contributed by atoms with van der Waals surface area (Å²) in [5, 5.41) is 3.04. The smallest absolute Gasteiger partial charge is 0.219 e. The van der Waals surface area contributed by atoms with Gasteiger partial charge < -0.3 is 4.90 Å². The number of nitrogens with zero attached hydrogens (tertiary/aromatic N) is 2. The first-order valence-corrected chi connectivity index (χ1v) is 6.26. The van der Waals surface area contributed by atoms with Gasteiger partial charge in [-0.25, -0.2) is 4.98 Å². The maximum Gasteiger partial charge on any atom is 0.219 e. The van der Waals surface area contributed by atoms with Crippen LogP contribution in [0, 0.1) is 12.3 Å². The lowest BCUT2D eigenvalue weighted by atomic mass is 9.97. The summed E-state index contributed by atoms with van der Waals surface area (Å²) in [5.74, 6) is 3.19. The van der Waals surface area contributed by atoms with Gasteiger partial charge in [-0.1, -0.05) is 0 Å². The van der Waals surface area contributed by atoms with Crippen molar-refractivity contribution in [3.63, 3.8) is 0 Å². The molecule has 1 aromatic heterocycles. The molecule has 1 aromatic rings. The zero-order valence-electron chi connectivity index (χ0n) is 9.27. The van der Waals surface area contributed by atoms with Crippen molar-refractivity contribution in [3.8, 4) is 12.3 Å². The highest BCUT2D eigenvalue weighted by Crippen LogP contribution is 2.30. The number of amides is 1. The Bertz CT molecular complexity index is 424. The zero-order chi connectivity index (χ0) is 11.5. The van der Waals surface area contributed by atoms with Crippen molar-refractivity contribution < 1.29 is 4.79 Å². The molecule has 1 aliphatic rings. The predicted molar refractivity (Wildman–Crippen MR) is 64.3 cm³/mol. The van der Waals surface area contributed by atoms with Gasteiger partial charge in [0.25, 0.3) is 0 Å². The molecule has 2 rings (SSSR count). The molecule has 1 saturated heterocycles. The molecule has 84 valence electrons. The number of terminal acetylenes is 1. The molecular formula is C12H14N2OS. The average Bonchev–Trinajstić information content (AvgIpc) is 2.77. The predicted octanol–water partition coefficient (Wildman–Crippen LogP) is 1.85. The summed E-state index contributed by atoms with van der Waals surface area (Å²) in [6.07, 6.45) is 7.29. The van der Waals surface area contributed by atoms with Gasteiger partial charge in [-0.05, 0) is 18.8 Å². The Morgan fingerprint density at radius 1 is 1.62 bits per heavy atom. The zero-order valence-corrected chi connectivity index (χ0v) is 10.1. The number of aromatic nitrogens is 1. The van der Waals surface area contributed by atoms with Gasteiger partial charge in [0.1, 0.15) is 5.69 Å². The number of piperidine rings is 1. The molecule has 16 heavy (non-hydrogen) atoms. The van der Waals surface area contributed by atoms with Crippen molar-refractivity contribution in [1.29, 1.82) is 0 Å². The quantitative estimate of drug-likeness (QED) is 0.695. The largest absolute Gasteiger partial charge is 0.343 e. The van der Waals surface area contributed by atoms with Crippen molar-refractivity contribution in [3.05, 3.63) is 16.1 Å². The van der Waals surface area contributed by atoms with E-state index in [0.29, 0.717) is 5.92 Å². The van der Waals surface area contributed by atoms with Gasteiger partial charge in [0, 0.05) is 31.3 Å². The van der Waals surface area contributed by atoms with Gasteiger partial charge in [0.05, 0.1) is 5.01 Å². The van der Waals surface area contributed by atoms with Crippen LogP contribution in [-0.4, -0.2) is 28.9 Å². The van der Waals surface area contributed by atoms with Crippen LogP contribution >= 0.6 is 11.3 Å². The lowest BCUT2D eigenvalue weighted by Crippen LogP contribution is -2.36. The third-order valence-electron chi connectivity index (χ3n) is 2.96. The Hall–Kier alpha value is -1.34. The van der Waals surface area contributed by atoms with Crippen molar-refractivity contribution in [2.24, 2.45) is 0 Å². The lowest BCUT2D eigenvalue weighted by molar-refractivity contribution is -0.129. The van der Waals surface area contributed by atoms with E-state index in [-0.39, 0.29) is 5.91 Å². The molecule has 0 aliphatic carbocycles. The van der Waals surface area contributed by atoms with E-state index in [1.807, 2.05) is 10.3 Å². The van der Waals surface area contributed by atoms with Crippen LogP contribution in [0.25, 0.3) is 0 Å². The second-order valence-electron chi connectivity index (χ2n) is 4.00. The Labute approximate surface area is 99.5 Å². The van der Waals surface area contributed by atoms with E-state index in [4.69, 9.17) is 6.42 Å². The van der Waals surface area contributed by atoms with Crippen LogP contribution in [0.4, 0.5) is 0 Å². The molecule has 1 amide bonds. The molecule has 0 N–H and O–H groups in total. The van der Waals surface area contributed by atoms with E-state index >= 15 is 0 Å². The van der Waals surface area contributed by atoms with Crippen molar-refractivity contribution in [2.45, 2.75) is 25.7 Å². The third kappa shape index (κ3) is 2.25. The number of rotatable bonds is 1. The van der Waals surface area contributed by atoms with Gasteiger partial charge in [0.2, 0.25) is 5.91 Å². The highest BCUT2D eigenvalue weighted by molar-refractivity contribution is 7.09. The Morgan fingerprint density at radius 3 is 2.81 bits per heavy atom. The molecule has 0 unspecified atom stereocenters. The van der Waals surface area contributed by atoms with E-state index in [9.17, 15) is 4.79 Å². The van der Waals surface area contributed by atoms with E-state index in [0.717, 1.165) is 36.6 Å². The molecule has 2 heterocycles. The van der Waals surface area contributed by atoms with Crippen LogP contribution in [0.15, 0.2) is 5.38 Å². The standard InChI is InChI=1S/C12H14N2OS/c1-3-11-8-16-12(13-11)10-4-6-14(7-5-10)9(2)15/h1,8,10H,4-7H2,2H3. The Morgan fingerprint density at radius 2 is 2.31 bits per heavy atom. The molecule has 0 aromatic carbocycles. The number of thiazole rings is 1. The highest BCUT2D eigenvalue weighted by Gasteiger charge is 2.23. The molecule has 1 fully saturated rings. The second-order valence-corrected chi connectivity index (χ2v) is 4.89. The van der Waals surface area contributed by atoms with Crippen LogP contribution in [0.1, 0.15) is 36.4 Å². The minimum Gasteiger partial charge on any atom is -0.343 e. The molecule has 0 bridgehead atoms. The minimum absolute atomic E-state index is 0.168. The van der Waals surface area contributed by atoms with Crippen LogP contribution < -0.4 is 0 Å². The SMILES string of the molecule is C#Cc1csc(C2CCN(C(C)=O)CC2)n1. The molecule has 4 heteroatoms. The van der Waals surface area contributed by atoms with E-state index in [2.05, 4.69) is 10.9 Å². The molecular weight excluding hydrogens is 220 g/mol. The fraction of sp³-hybridized carbons (Fsp3) is 0.500. The summed E-state index contributed by atoms with van der Waals surface area (Å²) in [4.78, 5) is 17.5. The summed E-state index contributed by atoms with van der Waals surface area (Å²) in [6.45, 7) is 3.30. The monoisotopic (exact) mass is 234 g/mol. The van der Waals surface area contributed by atoms with Gasteiger partial charge in [-0.2, -0.15) is 0 Å². The Balaban J connectivity index is 1.99.